The van der Waals surface area contributed by atoms with Crippen LogP contribution in [0.25, 0.3) is 0 Å². The highest BCUT2D eigenvalue weighted by atomic mass is 79.9. The van der Waals surface area contributed by atoms with Crippen LogP contribution in [0.5, 0.6) is 0 Å². The van der Waals surface area contributed by atoms with Crippen molar-refractivity contribution in [3.63, 3.8) is 0 Å². The minimum atomic E-state index is -0.530. The van der Waals surface area contributed by atoms with Gasteiger partial charge in [-0.25, -0.2) is 0 Å². The highest BCUT2D eigenvalue weighted by Gasteiger charge is 2.11. The van der Waals surface area contributed by atoms with Gasteiger partial charge >= 0.3 is 0 Å². The van der Waals surface area contributed by atoms with Crippen molar-refractivity contribution in [2.45, 2.75) is 6.10 Å². The number of benzene rings is 1. The number of aliphatic hydroxyl groups is 1. The van der Waals surface area contributed by atoms with Gasteiger partial charge in [-0.05, 0) is 34.6 Å². The lowest BCUT2D eigenvalue weighted by Gasteiger charge is -2.12. The fourth-order valence-electron chi connectivity index (χ4n) is 1.08. The standard InChI is InChI=1S/C9H11BrClNO/c1-12-5-8(13)6-3-2-4-7(11)9(6)10/h2-4,8,12-13H,5H2,1H3. The molecule has 0 amide bonds. The Morgan fingerprint density at radius 1 is 1.62 bits per heavy atom. The maximum Gasteiger partial charge on any atom is 0.0925 e. The second kappa shape index (κ2) is 4.96. The van der Waals surface area contributed by atoms with E-state index in [2.05, 4.69) is 21.2 Å². The minimum absolute atomic E-state index is 0.513. The summed E-state index contributed by atoms with van der Waals surface area (Å²) in [5.41, 5.74) is 0.807. The van der Waals surface area contributed by atoms with Crippen molar-refractivity contribution in [2.75, 3.05) is 13.6 Å². The van der Waals surface area contributed by atoms with Crippen molar-refractivity contribution in [1.29, 1.82) is 0 Å². The Morgan fingerprint density at radius 2 is 2.31 bits per heavy atom. The topological polar surface area (TPSA) is 32.3 Å². The smallest absolute Gasteiger partial charge is 0.0925 e. The molecule has 2 N–H and O–H groups in total. The maximum atomic E-state index is 9.67. The van der Waals surface area contributed by atoms with Gasteiger partial charge in [-0.2, -0.15) is 0 Å². The van der Waals surface area contributed by atoms with E-state index in [1.165, 1.54) is 0 Å². The summed E-state index contributed by atoms with van der Waals surface area (Å²) in [5.74, 6) is 0. The summed E-state index contributed by atoms with van der Waals surface area (Å²) >= 11 is 9.21. The van der Waals surface area contributed by atoms with Crippen LogP contribution in [0.3, 0.4) is 0 Å². The molecule has 0 fully saturated rings. The number of likely N-dealkylation sites (N-methyl/N-ethyl adjacent to an activating group) is 1. The molecular formula is C9H11BrClNO. The molecule has 1 aromatic rings. The van der Waals surface area contributed by atoms with Gasteiger partial charge in [-0.15, -0.1) is 0 Å². The predicted molar refractivity (Wildman–Crippen MR) is 58.0 cm³/mol. The highest BCUT2D eigenvalue weighted by Crippen LogP contribution is 2.29. The van der Waals surface area contributed by atoms with E-state index < -0.39 is 6.10 Å². The molecule has 1 atom stereocenters. The van der Waals surface area contributed by atoms with Crippen LogP contribution < -0.4 is 5.32 Å². The number of rotatable bonds is 3. The first-order valence-corrected chi connectivity index (χ1v) is 5.10. The van der Waals surface area contributed by atoms with Crippen LogP contribution in [-0.2, 0) is 0 Å². The van der Waals surface area contributed by atoms with Crippen LogP contribution in [0.2, 0.25) is 5.02 Å². The zero-order valence-corrected chi connectivity index (χ0v) is 9.56. The zero-order valence-electron chi connectivity index (χ0n) is 7.22. The molecule has 1 rings (SSSR count). The Balaban J connectivity index is 2.93. The Labute approximate surface area is 91.0 Å². The lowest BCUT2D eigenvalue weighted by atomic mass is 10.1. The predicted octanol–water partition coefficient (Wildman–Crippen LogP) is 2.36. The van der Waals surface area contributed by atoms with Crippen LogP contribution in [0.15, 0.2) is 22.7 Å². The van der Waals surface area contributed by atoms with E-state index in [0.29, 0.717) is 11.6 Å². The van der Waals surface area contributed by atoms with Gasteiger partial charge in [0.05, 0.1) is 11.1 Å². The van der Waals surface area contributed by atoms with E-state index in [1.54, 1.807) is 13.1 Å². The molecule has 0 spiro atoms. The molecule has 0 saturated carbocycles. The van der Waals surface area contributed by atoms with Crippen molar-refractivity contribution in [1.82, 2.24) is 5.32 Å². The number of hydrogen-bond donors (Lipinski definition) is 2. The molecule has 4 heteroatoms. The highest BCUT2D eigenvalue weighted by molar-refractivity contribution is 9.10. The SMILES string of the molecule is CNCC(O)c1cccc(Cl)c1Br. The van der Waals surface area contributed by atoms with Gasteiger partial charge < -0.3 is 10.4 Å². The molecule has 0 aliphatic heterocycles. The monoisotopic (exact) mass is 263 g/mol. The third kappa shape index (κ3) is 2.68. The van der Waals surface area contributed by atoms with E-state index in [4.69, 9.17) is 11.6 Å². The molecule has 0 bridgehead atoms. The van der Waals surface area contributed by atoms with Crippen LogP contribution in [0.1, 0.15) is 11.7 Å². The normalized spacial score (nSPS) is 12.9. The summed E-state index contributed by atoms with van der Waals surface area (Å²) in [6.45, 7) is 0.513. The quantitative estimate of drug-likeness (QED) is 0.878. The molecule has 0 aliphatic rings. The summed E-state index contributed by atoms with van der Waals surface area (Å²) in [7, 11) is 1.79. The van der Waals surface area contributed by atoms with E-state index in [0.717, 1.165) is 10.0 Å². The molecule has 0 heterocycles. The summed E-state index contributed by atoms with van der Waals surface area (Å²) in [5, 5.41) is 13.2. The number of nitrogens with one attached hydrogen (secondary N) is 1. The average molecular weight is 265 g/mol. The molecule has 1 aromatic carbocycles. The van der Waals surface area contributed by atoms with E-state index in [1.807, 2.05) is 12.1 Å². The third-order valence-electron chi connectivity index (χ3n) is 1.74. The van der Waals surface area contributed by atoms with Crippen LogP contribution in [0, 0.1) is 0 Å². The lowest BCUT2D eigenvalue weighted by Crippen LogP contribution is -2.17. The van der Waals surface area contributed by atoms with Crippen LogP contribution in [-0.4, -0.2) is 18.7 Å². The summed E-state index contributed by atoms with van der Waals surface area (Å²) in [4.78, 5) is 0. The number of aliphatic hydroxyl groups excluding tert-OH is 1. The first-order valence-electron chi connectivity index (χ1n) is 3.93. The van der Waals surface area contributed by atoms with Gasteiger partial charge in [0.15, 0.2) is 0 Å². The lowest BCUT2D eigenvalue weighted by molar-refractivity contribution is 0.177. The minimum Gasteiger partial charge on any atom is -0.387 e. The molecule has 0 radical (unpaired) electrons. The first kappa shape index (κ1) is 11.0. The third-order valence-corrected chi connectivity index (χ3v) is 3.17. The Morgan fingerprint density at radius 3 is 2.92 bits per heavy atom. The number of hydrogen-bond acceptors (Lipinski definition) is 2. The van der Waals surface area contributed by atoms with Crippen molar-refractivity contribution in [3.05, 3.63) is 33.3 Å². The molecule has 13 heavy (non-hydrogen) atoms. The van der Waals surface area contributed by atoms with E-state index in [-0.39, 0.29) is 0 Å². The second-order valence-electron chi connectivity index (χ2n) is 2.72. The van der Waals surface area contributed by atoms with Crippen molar-refractivity contribution < 1.29 is 5.11 Å². The van der Waals surface area contributed by atoms with Crippen molar-refractivity contribution >= 4 is 27.5 Å². The van der Waals surface area contributed by atoms with Gasteiger partial charge in [0.2, 0.25) is 0 Å². The van der Waals surface area contributed by atoms with Crippen LogP contribution >= 0.6 is 27.5 Å². The second-order valence-corrected chi connectivity index (χ2v) is 3.92. The van der Waals surface area contributed by atoms with Gasteiger partial charge in [-0.1, -0.05) is 23.7 Å². The largest absolute Gasteiger partial charge is 0.387 e. The summed E-state index contributed by atoms with van der Waals surface area (Å²) in [6, 6.07) is 5.44. The number of halogens is 2. The fourth-order valence-corrected chi connectivity index (χ4v) is 1.79. The van der Waals surface area contributed by atoms with Crippen LogP contribution in [0.4, 0.5) is 0 Å². The van der Waals surface area contributed by atoms with Crippen molar-refractivity contribution in [3.8, 4) is 0 Å². The summed E-state index contributed by atoms with van der Waals surface area (Å²) < 4.78 is 0.763. The van der Waals surface area contributed by atoms with Gasteiger partial charge in [0, 0.05) is 11.0 Å². The molecular weight excluding hydrogens is 253 g/mol. The van der Waals surface area contributed by atoms with Crippen molar-refractivity contribution in [2.24, 2.45) is 0 Å². The zero-order chi connectivity index (χ0) is 9.84. The molecule has 0 aromatic heterocycles. The van der Waals surface area contributed by atoms with E-state index >= 15 is 0 Å². The Hall–Kier alpha value is -0.0900. The van der Waals surface area contributed by atoms with Gasteiger partial charge in [-0.3, -0.25) is 0 Å². The molecule has 0 saturated heterocycles. The maximum absolute atomic E-state index is 9.67. The fraction of sp³-hybridized carbons (Fsp3) is 0.333. The molecule has 0 aliphatic carbocycles. The van der Waals surface area contributed by atoms with Gasteiger partial charge in [0.1, 0.15) is 0 Å². The molecule has 72 valence electrons. The average Bonchev–Trinajstić information content (AvgIpc) is 2.10. The Bertz CT molecular complexity index is 293. The van der Waals surface area contributed by atoms with E-state index in [9.17, 15) is 5.11 Å². The van der Waals surface area contributed by atoms with Gasteiger partial charge in [0.25, 0.3) is 0 Å². The first-order chi connectivity index (χ1) is 6.16. The summed E-state index contributed by atoms with van der Waals surface area (Å²) in [6.07, 6.45) is -0.530. The molecule has 2 nitrogen and oxygen atoms in total. The Kier molecular flexibility index (Phi) is 4.19. The molecule has 1 unspecified atom stereocenters.